The highest BCUT2D eigenvalue weighted by Crippen LogP contribution is 2.24. The van der Waals surface area contributed by atoms with Crippen LogP contribution in [0.2, 0.25) is 0 Å². The Bertz CT molecular complexity index is 667. The van der Waals surface area contributed by atoms with Gasteiger partial charge < -0.3 is 4.98 Å². The average Bonchev–Trinajstić information content (AvgIpc) is 2.94. The molecular weight excluding hydrogens is 328 g/mol. The molecule has 1 aromatic carbocycles. The van der Waals surface area contributed by atoms with Crippen molar-refractivity contribution in [1.29, 1.82) is 0 Å². The summed E-state index contributed by atoms with van der Waals surface area (Å²) in [5.74, 6) is -0.391. The monoisotopic (exact) mass is 336 g/mol. The summed E-state index contributed by atoms with van der Waals surface area (Å²) in [6.07, 6.45) is 2.96. The van der Waals surface area contributed by atoms with Crippen LogP contribution in [0.15, 0.2) is 46.1 Å². The molecule has 0 aliphatic rings. The van der Waals surface area contributed by atoms with Crippen molar-refractivity contribution in [1.82, 2.24) is 10.4 Å². The van der Waals surface area contributed by atoms with E-state index in [4.69, 9.17) is 0 Å². The number of nitro benzene ring substituents is 1. The summed E-state index contributed by atoms with van der Waals surface area (Å²) in [5.41, 5.74) is 3.13. The highest BCUT2D eigenvalue weighted by Gasteiger charge is 2.11. The topological polar surface area (TPSA) is 100 Å². The fourth-order valence-corrected chi connectivity index (χ4v) is 1.84. The Balaban J connectivity index is 2.07. The van der Waals surface area contributed by atoms with Crippen LogP contribution in [-0.4, -0.2) is 22.0 Å². The molecule has 0 aliphatic carbocycles. The van der Waals surface area contributed by atoms with Crippen molar-refractivity contribution in [2.75, 3.05) is 0 Å². The molecule has 0 radical (unpaired) electrons. The number of H-pyrrole nitrogens is 1. The van der Waals surface area contributed by atoms with Crippen molar-refractivity contribution in [3.05, 3.63) is 62.4 Å². The summed E-state index contributed by atoms with van der Waals surface area (Å²) in [4.78, 5) is 24.6. The van der Waals surface area contributed by atoms with Gasteiger partial charge in [0, 0.05) is 17.8 Å². The molecular formula is C12H9BrN4O3. The first-order chi connectivity index (χ1) is 9.58. The molecule has 0 saturated heterocycles. The molecule has 0 spiro atoms. The molecule has 2 rings (SSSR count). The molecule has 0 aliphatic heterocycles. The van der Waals surface area contributed by atoms with E-state index in [1.54, 1.807) is 30.5 Å². The van der Waals surface area contributed by atoms with E-state index in [1.165, 1.54) is 12.3 Å². The molecule has 102 valence electrons. The molecule has 1 aromatic heterocycles. The Morgan fingerprint density at radius 3 is 2.90 bits per heavy atom. The Morgan fingerprint density at radius 1 is 1.45 bits per heavy atom. The van der Waals surface area contributed by atoms with Crippen LogP contribution < -0.4 is 5.43 Å². The third-order valence-corrected chi connectivity index (χ3v) is 3.06. The number of carbonyl (C=O) groups excluding carboxylic acids is 1. The second-order valence-electron chi connectivity index (χ2n) is 3.75. The van der Waals surface area contributed by atoms with E-state index >= 15 is 0 Å². The van der Waals surface area contributed by atoms with Gasteiger partial charge in [0.1, 0.15) is 5.69 Å². The Labute approximate surface area is 122 Å². The third-order valence-electron chi connectivity index (χ3n) is 2.39. The van der Waals surface area contributed by atoms with Gasteiger partial charge >= 0.3 is 0 Å². The zero-order chi connectivity index (χ0) is 14.5. The molecule has 0 bridgehead atoms. The molecule has 2 aromatic rings. The Morgan fingerprint density at radius 2 is 2.25 bits per heavy atom. The number of halogens is 1. The number of hydrogen-bond acceptors (Lipinski definition) is 4. The molecule has 8 heteroatoms. The van der Waals surface area contributed by atoms with Crippen molar-refractivity contribution in [3.8, 4) is 0 Å². The number of hydrogen-bond donors (Lipinski definition) is 2. The van der Waals surface area contributed by atoms with E-state index in [1.807, 2.05) is 0 Å². The summed E-state index contributed by atoms with van der Waals surface area (Å²) in [6.45, 7) is 0. The zero-order valence-corrected chi connectivity index (χ0v) is 11.6. The molecule has 0 unspecified atom stereocenters. The van der Waals surface area contributed by atoms with Gasteiger partial charge in [-0.1, -0.05) is 6.07 Å². The van der Waals surface area contributed by atoms with Crippen LogP contribution in [0.1, 0.15) is 16.1 Å². The zero-order valence-electron chi connectivity index (χ0n) is 10.0. The van der Waals surface area contributed by atoms with Crippen LogP contribution in [0, 0.1) is 10.1 Å². The Hall–Kier alpha value is -2.48. The molecule has 0 atom stereocenters. The predicted octanol–water partition coefficient (Wildman–Crippen LogP) is 2.45. The fraction of sp³-hybridized carbons (Fsp3) is 0. The fourth-order valence-electron chi connectivity index (χ4n) is 1.45. The van der Waals surface area contributed by atoms with Crippen molar-refractivity contribution in [2.24, 2.45) is 5.10 Å². The lowest BCUT2D eigenvalue weighted by molar-refractivity contribution is -0.385. The summed E-state index contributed by atoms with van der Waals surface area (Å²) >= 11 is 3.09. The van der Waals surface area contributed by atoms with Gasteiger partial charge in [0.15, 0.2) is 0 Å². The number of rotatable bonds is 4. The number of aromatic nitrogens is 1. The van der Waals surface area contributed by atoms with Crippen molar-refractivity contribution >= 4 is 33.7 Å². The standard InChI is InChI=1S/C12H9BrN4O3/c13-9-4-3-8(6-11(9)17(19)20)7-15-16-12(18)10-2-1-5-14-10/h1-7,14H,(H,16,18)/b15-7-. The van der Waals surface area contributed by atoms with Crippen LogP contribution in [0.5, 0.6) is 0 Å². The van der Waals surface area contributed by atoms with E-state index in [9.17, 15) is 14.9 Å². The minimum atomic E-state index is -0.501. The van der Waals surface area contributed by atoms with E-state index in [2.05, 4.69) is 31.4 Å². The highest BCUT2D eigenvalue weighted by molar-refractivity contribution is 9.10. The first-order valence-electron chi connectivity index (χ1n) is 5.48. The lowest BCUT2D eigenvalue weighted by Gasteiger charge is -1.98. The van der Waals surface area contributed by atoms with Crippen molar-refractivity contribution < 1.29 is 9.72 Å². The SMILES string of the molecule is O=C(N/N=C\c1ccc(Br)c([N+](=O)[O-])c1)c1ccc[nH]1. The molecule has 0 saturated carbocycles. The summed E-state index contributed by atoms with van der Waals surface area (Å²) < 4.78 is 0.384. The van der Waals surface area contributed by atoms with Gasteiger partial charge in [-0.2, -0.15) is 5.10 Å². The third kappa shape index (κ3) is 3.29. The highest BCUT2D eigenvalue weighted by atomic mass is 79.9. The number of nitrogens with one attached hydrogen (secondary N) is 2. The average molecular weight is 337 g/mol. The van der Waals surface area contributed by atoms with Gasteiger partial charge in [-0.15, -0.1) is 0 Å². The molecule has 20 heavy (non-hydrogen) atoms. The summed E-state index contributed by atoms with van der Waals surface area (Å²) in [5, 5.41) is 14.5. The number of nitro groups is 1. The minimum absolute atomic E-state index is 0.0651. The van der Waals surface area contributed by atoms with Gasteiger partial charge in [0.2, 0.25) is 0 Å². The van der Waals surface area contributed by atoms with Gasteiger partial charge in [-0.25, -0.2) is 5.43 Å². The molecule has 0 fully saturated rings. The van der Waals surface area contributed by atoms with Crippen molar-refractivity contribution in [2.45, 2.75) is 0 Å². The van der Waals surface area contributed by atoms with E-state index < -0.39 is 10.8 Å². The number of hydrazone groups is 1. The second kappa shape index (κ2) is 6.11. The number of benzene rings is 1. The van der Waals surface area contributed by atoms with Crippen LogP contribution in [0.25, 0.3) is 0 Å². The quantitative estimate of drug-likeness (QED) is 0.509. The van der Waals surface area contributed by atoms with E-state index in [0.717, 1.165) is 0 Å². The summed E-state index contributed by atoms with van der Waals surface area (Å²) in [6, 6.07) is 7.84. The maximum absolute atomic E-state index is 11.6. The van der Waals surface area contributed by atoms with Crippen LogP contribution in [0.4, 0.5) is 5.69 Å². The molecule has 1 amide bonds. The van der Waals surface area contributed by atoms with Crippen molar-refractivity contribution in [3.63, 3.8) is 0 Å². The van der Waals surface area contributed by atoms with Crippen LogP contribution >= 0.6 is 15.9 Å². The smallest absolute Gasteiger partial charge is 0.287 e. The van der Waals surface area contributed by atoms with Gasteiger partial charge in [0.05, 0.1) is 15.6 Å². The maximum Gasteiger partial charge on any atom is 0.287 e. The lowest BCUT2D eigenvalue weighted by Crippen LogP contribution is -2.17. The number of carbonyl (C=O) groups is 1. The van der Waals surface area contributed by atoms with E-state index in [-0.39, 0.29) is 5.69 Å². The largest absolute Gasteiger partial charge is 0.357 e. The number of nitrogens with zero attached hydrogens (tertiary/aromatic N) is 2. The molecule has 1 heterocycles. The van der Waals surface area contributed by atoms with Gasteiger partial charge in [-0.3, -0.25) is 14.9 Å². The number of amides is 1. The first-order valence-corrected chi connectivity index (χ1v) is 6.28. The lowest BCUT2D eigenvalue weighted by atomic mass is 10.2. The van der Waals surface area contributed by atoms with Crippen LogP contribution in [0.3, 0.4) is 0 Å². The second-order valence-corrected chi connectivity index (χ2v) is 4.61. The normalized spacial score (nSPS) is 10.7. The number of aromatic amines is 1. The van der Waals surface area contributed by atoms with Crippen LogP contribution in [-0.2, 0) is 0 Å². The Kier molecular flexibility index (Phi) is 4.26. The first kappa shape index (κ1) is 13.9. The maximum atomic E-state index is 11.6. The summed E-state index contributed by atoms with van der Waals surface area (Å²) in [7, 11) is 0. The minimum Gasteiger partial charge on any atom is -0.357 e. The predicted molar refractivity (Wildman–Crippen MR) is 76.6 cm³/mol. The molecule has 2 N–H and O–H groups in total. The molecule has 7 nitrogen and oxygen atoms in total. The van der Waals surface area contributed by atoms with Gasteiger partial charge in [-0.05, 0) is 34.1 Å². The van der Waals surface area contributed by atoms with E-state index in [0.29, 0.717) is 15.7 Å². The van der Waals surface area contributed by atoms with Gasteiger partial charge in [0.25, 0.3) is 11.6 Å².